The molecule has 31 nitrogen and oxygen atoms in total. The molecule has 2 fully saturated rings. The summed E-state index contributed by atoms with van der Waals surface area (Å²) in [6.45, 7) is 6.98. The lowest BCUT2D eigenvalue weighted by Gasteiger charge is -2.33. The van der Waals surface area contributed by atoms with E-state index in [0.717, 1.165) is 4.90 Å². The summed E-state index contributed by atoms with van der Waals surface area (Å²) in [5.41, 5.74) is 16.0. The molecule has 14 atom stereocenters. The van der Waals surface area contributed by atoms with Crippen molar-refractivity contribution in [1.29, 1.82) is 0 Å². The third kappa shape index (κ3) is 24.1. The summed E-state index contributed by atoms with van der Waals surface area (Å²) in [5.74, 6) is -12.4. The summed E-state index contributed by atoms with van der Waals surface area (Å²) >= 11 is 13.8. The van der Waals surface area contributed by atoms with Crippen LogP contribution < -0.4 is 59.3 Å². The van der Waals surface area contributed by atoms with Crippen LogP contribution in [0.15, 0.2) is 171 Å². The molecule has 0 aliphatic carbocycles. The van der Waals surface area contributed by atoms with Crippen LogP contribution >= 0.6 is 23.2 Å². The number of alkyl halides is 2. The number of nitrogens with zero attached hydrogens (tertiary/aromatic N) is 4. The van der Waals surface area contributed by atoms with Crippen molar-refractivity contribution in [2.45, 2.75) is 194 Å². The number of carboxylic acid groups (broad SMARTS) is 1. The Balaban J connectivity index is 0.901. The van der Waals surface area contributed by atoms with E-state index < -0.39 is 166 Å². The smallest absolute Gasteiger partial charge is 0.326 e. The lowest BCUT2D eigenvalue weighted by molar-refractivity contribution is -0.144. The normalized spacial score (nSPS) is 18.0. The summed E-state index contributed by atoms with van der Waals surface area (Å²) in [4.78, 5) is 207. The van der Waals surface area contributed by atoms with Gasteiger partial charge in [0.15, 0.2) is 0 Å². The Morgan fingerprint density at radius 2 is 1.00 bits per heavy atom. The number of aliphatic carboxylic acids is 1. The first-order valence-electron chi connectivity index (χ1n) is 40.0. The Bertz CT molecular complexity index is 4870. The van der Waals surface area contributed by atoms with Crippen LogP contribution in [0.25, 0.3) is 21.8 Å². The van der Waals surface area contributed by atoms with E-state index in [2.05, 4.69) is 67.8 Å². The predicted molar refractivity (Wildman–Crippen MR) is 446 cm³/mol. The van der Waals surface area contributed by atoms with Gasteiger partial charge in [0.1, 0.15) is 66.5 Å². The van der Waals surface area contributed by atoms with E-state index in [1.807, 2.05) is 39.0 Å². The van der Waals surface area contributed by atoms with Crippen molar-refractivity contribution < 1.29 is 67.4 Å². The monoisotopic (exact) mass is 1670 g/mol. The number of amides is 12. The van der Waals surface area contributed by atoms with Crippen LogP contribution in [0, 0.1) is 5.92 Å². The molecule has 6 heterocycles. The summed E-state index contributed by atoms with van der Waals surface area (Å²) in [5, 5.41) is 33.7. The quantitative estimate of drug-likeness (QED) is 0.0185. The van der Waals surface area contributed by atoms with E-state index in [0.29, 0.717) is 88.3 Å². The third-order valence-electron chi connectivity index (χ3n) is 21.3. The van der Waals surface area contributed by atoms with Gasteiger partial charge in [0, 0.05) is 104 Å². The summed E-state index contributed by atoms with van der Waals surface area (Å²) in [6, 6.07) is 21.9. The van der Waals surface area contributed by atoms with Crippen molar-refractivity contribution in [1.82, 2.24) is 77.6 Å². The zero-order chi connectivity index (χ0) is 85.4. The molecule has 0 radical (unpaired) electrons. The number of halogens is 2. The number of H-pyrrole nitrogens is 2. The zero-order valence-corrected chi connectivity index (χ0v) is 68.1. The molecule has 2 saturated heterocycles. The molecule has 4 aromatic heterocycles. The third-order valence-corrected chi connectivity index (χ3v) is 22.4. The van der Waals surface area contributed by atoms with Gasteiger partial charge in [-0.2, -0.15) is 0 Å². The van der Waals surface area contributed by atoms with E-state index >= 15 is 28.8 Å². The van der Waals surface area contributed by atoms with Gasteiger partial charge in [-0.25, -0.2) is 4.79 Å². The molecule has 2 aliphatic rings. The Hall–Kier alpha value is -12.1. The lowest BCUT2D eigenvalue weighted by Crippen LogP contribution is -2.62. The van der Waals surface area contributed by atoms with Crippen molar-refractivity contribution in [2.75, 3.05) is 19.6 Å². The second-order valence-corrected chi connectivity index (χ2v) is 31.6. The number of primary amides is 1. The van der Waals surface area contributed by atoms with Crippen molar-refractivity contribution in [3.63, 3.8) is 0 Å². The van der Waals surface area contributed by atoms with Crippen molar-refractivity contribution in [2.24, 2.45) is 17.4 Å². The molecular formula is C86H103Cl2N17O14. The molecule has 12 amide bonds. The molecule has 10 rings (SSSR count). The van der Waals surface area contributed by atoms with Gasteiger partial charge in [-0.3, -0.25) is 67.5 Å². The topological polar surface area (TPSA) is 466 Å². The number of nitrogens with one attached hydrogen (secondary N) is 11. The van der Waals surface area contributed by atoms with Crippen LogP contribution in [0.1, 0.15) is 130 Å². The van der Waals surface area contributed by atoms with E-state index in [1.54, 1.807) is 140 Å². The largest absolute Gasteiger partial charge is 0.480 e. The van der Waals surface area contributed by atoms with Crippen LogP contribution in [0.2, 0.25) is 0 Å². The van der Waals surface area contributed by atoms with Crippen LogP contribution in [0.5, 0.6) is 0 Å². The molecule has 3 unspecified atom stereocenters. The predicted octanol–water partition coefficient (Wildman–Crippen LogP) is 4.54. The first-order valence-corrected chi connectivity index (χ1v) is 40.9. The Morgan fingerprint density at radius 3 is 1.52 bits per heavy atom. The summed E-state index contributed by atoms with van der Waals surface area (Å²) in [7, 11) is 0. The number of fused-ring (bicyclic) bond motifs is 2. The number of para-hydroxylation sites is 2. The fraction of sp³-hybridized carbons (Fsp3) is 0.407. The summed E-state index contributed by atoms with van der Waals surface area (Å²) < 4.78 is 0. The maximum absolute atomic E-state index is 15.5. The second kappa shape index (κ2) is 42.9. The first kappa shape index (κ1) is 89.3. The van der Waals surface area contributed by atoms with Gasteiger partial charge in [0.05, 0.1) is 22.7 Å². The van der Waals surface area contributed by atoms with E-state index in [-0.39, 0.29) is 69.5 Å². The van der Waals surface area contributed by atoms with Gasteiger partial charge in [-0.1, -0.05) is 137 Å². The number of hydrogen-bond acceptors (Lipinski definition) is 16. The van der Waals surface area contributed by atoms with Gasteiger partial charge >= 0.3 is 5.97 Å². The molecule has 33 heteroatoms. The minimum Gasteiger partial charge on any atom is -0.480 e. The molecule has 0 spiro atoms. The number of carboxylic acids is 1. The van der Waals surface area contributed by atoms with Crippen LogP contribution in [-0.2, 0) is 83.2 Å². The molecule has 119 heavy (non-hydrogen) atoms. The number of nitrogens with two attached hydrogens (primary N) is 2. The zero-order valence-electron chi connectivity index (χ0n) is 66.6. The van der Waals surface area contributed by atoms with Gasteiger partial charge < -0.3 is 84.2 Å². The first-order chi connectivity index (χ1) is 57.2. The number of carbonyl (C=O) groups excluding carboxylic acids is 12. The minimum atomic E-state index is -1.88. The number of aromatic amines is 2. The van der Waals surface area contributed by atoms with Gasteiger partial charge in [0.25, 0.3) is 5.91 Å². The Labute approximate surface area is 698 Å². The average molecular weight is 1670 g/mol. The van der Waals surface area contributed by atoms with Crippen molar-refractivity contribution >= 4 is 122 Å². The number of benzene rings is 4. The molecule has 630 valence electrons. The van der Waals surface area contributed by atoms with Crippen molar-refractivity contribution in [3.05, 3.63) is 204 Å². The fourth-order valence-corrected chi connectivity index (χ4v) is 15.8. The van der Waals surface area contributed by atoms with Gasteiger partial charge in [-0.05, 0) is 116 Å². The Kier molecular flexibility index (Phi) is 32.1. The van der Waals surface area contributed by atoms with Gasteiger partial charge in [0.2, 0.25) is 65.0 Å². The second-order valence-electron chi connectivity index (χ2n) is 30.6. The molecule has 2 aliphatic heterocycles. The minimum absolute atomic E-state index is 0.0753. The lowest BCUT2D eigenvalue weighted by atomic mass is 9.92. The Morgan fingerprint density at radius 1 is 0.513 bits per heavy atom. The highest BCUT2D eigenvalue weighted by atomic mass is 35.5. The highest BCUT2D eigenvalue weighted by molar-refractivity contribution is 6.32. The molecule has 8 aromatic rings. The van der Waals surface area contributed by atoms with E-state index in [4.69, 9.17) is 34.7 Å². The van der Waals surface area contributed by atoms with Crippen molar-refractivity contribution in [3.8, 4) is 0 Å². The highest BCUT2D eigenvalue weighted by Crippen LogP contribution is 2.36. The maximum atomic E-state index is 15.5. The SMILES string of the molecule is CCCC[C@H](NC(=O)[C@H](CC(C)C)NC(=O)[C@H](Cc1c[nH]c2ccccc12)NC(=O)[C@H](Cc1ccccc1)NC(=O)[C@H](Cc1c[nH]c2ccccc12)NC(=O)[C@H](CC(N)=O)NC(=O)[C@H](Cc1ccccc1)NC(=O)[C@@H]1C(Cl)C(Cl)CN1C(=O)[C@H](C)NC(=O)[C@@H]1C(c2cccnc2)CCN1C(=O)[C@H](CCCCN)NC(=O)c1cccnc1)C(=O)O. The van der Waals surface area contributed by atoms with E-state index in [1.165, 1.54) is 24.2 Å². The number of likely N-dealkylation sites (tertiary alicyclic amines) is 2. The standard InChI is InChI=1S/C86H103Cl2N17O14/c1-5-6-29-64(86(118)119)97-76(108)65(38-49(2)3)98-79(111)68(41-55-46-93-61-30-15-13-27-57(55)61)100-77(109)66(39-51-21-9-7-10-22-51)99-80(112)69(42-56-47-94-62-31-16-14-28-58(56)62)101-81(113)70(43-71(90)106)102-78(110)67(40-52-23-11-8-12-24-52)103-83(115)74-72(88)60(87)48-105(74)84(116)50(4)95-82(114)73-59(53-25-19-35-91-44-53)33-37-104(73)85(117)63(32-17-18-34-89)96-75(107)54-26-20-36-92-45-54/h7-16,19-28,30-31,35-36,44-47,49-50,59-60,63-70,72-74,93-94H,5-6,17-18,29,32-34,37-43,48,89H2,1-4H3,(H2,90,106)(H,95,114)(H,96,107)(H,97,108)(H,98,111)(H,99,112)(H,100,109)(H,101,113)(H,102,110)(H,103,115)(H,118,119)/t50-,59?,60?,63-,64-,65-,66-,67-,68-,69-,70-,72?,73-,74-/m0/s1. The number of carbonyl (C=O) groups is 13. The number of unbranched alkanes of at least 4 members (excludes halogenated alkanes) is 2. The maximum Gasteiger partial charge on any atom is 0.326 e. The molecule has 0 saturated carbocycles. The molecule has 16 N–H and O–H groups in total. The van der Waals surface area contributed by atoms with Crippen LogP contribution in [0.3, 0.4) is 0 Å². The number of rotatable bonds is 41. The molecular weight excluding hydrogens is 1570 g/mol. The number of aromatic nitrogens is 4. The number of pyridine rings is 2. The number of hydrogen-bond donors (Lipinski definition) is 14. The average Bonchev–Trinajstić information content (AvgIpc) is 1.65. The molecule has 0 bridgehead atoms. The van der Waals surface area contributed by atoms with Crippen LogP contribution in [0.4, 0.5) is 0 Å². The fourth-order valence-electron chi connectivity index (χ4n) is 15.1. The molecule has 4 aromatic carbocycles. The van der Waals surface area contributed by atoms with E-state index in [9.17, 15) is 38.7 Å². The van der Waals surface area contributed by atoms with Gasteiger partial charge in [-0.15, -0.1) is 23.2 Å². The highest BCUT2D eigenvalue weighted by Gasteiger charge is 2.50. The summed E-state index contributed by atoms with van der Waals surface area (Å²) in [6.07, 6.45) is 10.4. The van der Waals surface area contributed by atoms with Crippen LogP contribution in [-0.4, -0.2) is 209 Å².